The van der Waals surface area contributed by atoms with Crippen LogP contribution in [0.3, 0.4) is 0 Å². The molecule has 0 aliphatic heterocycles. The molecule has 0 saturated heterocycles. The molecule has 1 aliphatic carbocycles. The minimum Gasteiger partial charge on any atom is -0.344 e. The molecule has 0 radical (unpaired) electrons. The number of hydrogen-bond acceptors (Lipinski definition) is 4. The van der Waals surface area contributed by atoms with Gasteiger partial charge in [-0.2, -0.15) is 0 Å². The molecule has 3 N–H and O–H groups in total. The number of amides is 3. The number of carbonyl (C=O) groups is 3. The van der Waals surface area contributed by atoms with E-state index < -0.39 is 11.9 Å². The lowest BCUT2D eigenvalue weighted by Crippen LogP contribution is -2.53. The number of hydrogen-bond donors (Lipinski definition) is 3. The lowest BCUT2D eigenvalue weighted by atomic mass is 9.72. The standard InChI is InChI=1S/C20H31N3O3S/c1-11(2)17(21-12(3)24)19(26)23-22-18(25)16-10-13-9-14(20(4,5)6)7-8-15(13)27-16/h10-11,14,17H,7-9H2,1-6H3,(H,21,24)(H,22,25)(H,23,26). The van der Waals surface area contributed by atoms with Gasteiger partial charge in [0.1, 0.15) is 6.04 Å². The summed E-state index contributed by atoms with van der Waals surface area (Å²) in [4.78, 5) is 37.9. The van der Waals surface area contributed by atoms with Gasteiger partial charge in [-0.25, -0.2) is 0 Å². The van der Waals surface area contributed by atoms with Crippen LogP contribution < -0.4 is 16.2 Å². The highest BCUT2D eigenvalue weighted by atomic mass is 32.1. The lowest BCUT2D eigenvalue weighted by molar-refractivity contribution is -0.129. The number of carbonyl (C=O) groups excluding carboxylic acids is 3. The van der Waals surface area contributed by atoms with Crippen molar-refractivity contribution >= 4 is 29.1 Å². The van der Waals surface area contributed by atoms with Crippen molar-refractivity contribution in [2.45, 2.75) is 66.8 Å². The Morgan fingerprint density at radius 2 is 1.85 bits per heavy atom. The molecule has 2 rings (SSSR count). The van der Waals surface area contributed by atoms with Crippen LogP contribution in [0.5, 0.6) is 0 Å². The van der Waals surface area contributed by atoms with Gasteiger partial charge in [0.05, 0.1) is 4.88 Å². The summed E-state index contributed by atoms with van der Waals surface area (Å²) in [7, 11) is 0. The zero-order chi connectivity index (χ0) is 20.4. The molecule has 150 valence electrons. The third-order valence-electron chi connectivity index (χ3n) is 5.14. The molecule has 0 aromatic carbocycles. The quantitative estimate of drug-likeness (QED) is 0.688. The number of rotatable bonds is 4. The van der Waals surface area contributed by atoms with Gasteiger partial charge < -0.3 is 5.32 Å². The fourth-order valence-electron chi connectivity index (χ4n) is 3.39. The maximum Gasteiger partial charge on any atom is 0.279 e. The van der Waals surface area contributed by atoms with E-state index in [9.17, 15) is 14.4 Å². The van der Waals surface area contributed by atoms with Crippen LogP contribution in [0.1, 0.15) is 68.1 Å². The monoisotopic (exact) mass is 393 g/mol. The second-order valence-electron chi connectivity index (χ2n) is 8.73. The Morgan fingerprint density at radius 3 is 2.41 bits per heavy atom. The first kappa shape index (κ1) is 21.4. The van der Waals surface area contributed by atoms with E-state index in [1.807, 2.05) is 19.9 Å². The summed E-state index contributed by atoms with van der Waals surface area (Å²) in [5.41, 5.74) is 6.42. The highest BCUT2D eigenvalue weighted by molar-refractivity contribution is 7.14. The fraction of sp³-hybridized carbons (Fsp3) is 0.650. The average Bonchev–Trinajstić information content (AvgIpc) is 2.99. The van der Waals surface area contributed by atoms with Crippen molar-refractivity contribution in [1.29, 1.82) is 0 Å². The van der Waals surface area contributed by atoms with Gasteiger partial charge in [0.2, 0.25) is 5.91 Å². The molecule has 7 heteroatoms. The van der Waals surface area contributed by atoms with Crippen LogP contribution in [0.25, 0.3) is 0 Å². The van der Waals surface area contributed by atoms with Crippen LogP contribution in [0.2, 0.25) is 0 Å². The lowest BCUT2D eigenvalue weighted by Gasteiger charge is -2.33. The van der Waals surface area contributed by atoms with Crippen LogP contribution in [0, 0.1) is 17.3 Å². The van der Waals surface area contributed by atoms with Crippen molar-refractivity contribution < 1.29 is 14.4 Å². The molecule has 2 unspecified atom stereocenters. The highest BCUT2D eigenvalue weighted by Crippen LogP contribution is 2.40. The summed E-state index contributed by atoms with van der Waals surface area (Å²) in [6, 6.07) is 1.26. The van der Waals surface area contributed by atoms with Crippen LogP contribution in [-0.4, -0.2) is 23.8 Å². The molecule has 1 aromatic rings. The van der Waals surface area contributed by atoms with Gasteiger partial charge >= 0.3 is 0 Å². The molecule has 1 aromatic heterocycles. The molecule has 0 bridgehead atoms. The fourth-order valence-corrected chi connectivity index (χ4v) is 4.49. The maximum absolute atomic E-state index is 12.5. The summed E-state index contributed by atoms with van der Waals surface area (Å²) < 4.78 is 0. The van der Waals surface area contributed by atoms with E-state index in [1.165, 1.54) is 28.7 Å². The van der Waals surface area contributed by atoms with Gasteiger partial charge in [-0.15, -0.1) is 11.3 Å². The number of fused-ring (bicyclic) bond motifs is 1. The van der Waals surface area contributed by atoms with Gasteiger partial charge in [-0.3, -0.25) is 25.2 Å². The highest BCUT2D eigenvalue weighted by Gasteiger charge is 2.30. The van der Waals surface area contributed by atoms with Gasteiger partial charge in [0.25, 0.3) is 11.8 Å². The molecule has 1 heterocycles. The maximum atomic E-state index is 12.5. The molecular weight excluding hydrogens is 362 g/mol. The molecule has 27 heavy (non-hydrogen) atoms. The van der Waals surface area contributed by atoms with Gasteiger partial charge in [-0.1, -0.05) is 34.6 Å². The van der Waals surface area contributed by atoms with Gasteiger partial charge in [-0.05, 0) is 48.1 Å². The zero-order valence-corrected chi connectivity index (χ0v) is 17.9. The SMILES string of the molecule is CC(=O)NC(C(=O)NNC(=O)c1cc2c(s1)CCC(C(C)(C)C)C2)C(C)C. The summed E-state index contributed by atoms with van der Waals surface area (Å²) in [5, 5.41) is 2.60. The van der Waals surface area contributed by atoms with Crippen molar-refractivity contribution in [2.75, 3.05) is 0 Å². The van der Waals surface area contributed by atoms with Crippen molar-refractivity contribution in [2.24, 2.45) is 17.3 Å². The molecule has 2 atom stereocenters. The van der Waals surface area contributed by atoms with E-state index >= 15 is 0 Å². The van der Waals surface area contributed by atoms with E-state index in [0.29, 0.717) is 10.8 Å². The third kappa shape index (κ3) is 5.54. The molecule has 1 aliphatic rings. The predicted molar refractivity (Wildman–Crippen MR) is 107 cm³/mol. The second-order valence-corrected chi connectivity index (χ2v) is 9.87. The number of hydrazine groups is 1. The predicted octanol–water partition coefficient (Wildman–Crippen LogP) is 2.82. The summed E-state index contributed by atoms with van der Waals surface area (Å²) in [6.07, 6.45) is 3.13. The van der Waals surface area contributed by atoms with E-state index in [0.717, 1.165) is 19.3 Å². The second kappa shape index (κ2) is 8.42. The number of thiophene rings is 1. The molecule has 0 fully saturated rings. The minimum absolute atomic E-state index is 0.0887. The third-order valence-corrected chi connectivity index (χ3v) is 6.37. The Balaban J connectivity index is 1.98. The van der Waals surface area contributed by atoms with Gasteiger partial charge in [0, 0.05) is 11.8 Å². The van der Waals surface area contributed by atoms with Crippen molar-refractivity contribution in [1.82, 2.24) is 16.2 Å². The molecule has 0 spiro atoms. The topological polar surface area (TPSA) is 87.3 Å². The zero-order valence-electron chi connectivity index (χ0n) is 17.1. The Labute approximate surface area is 165 Å². The number of nitrogens with one attached hydrogen (secondary N) is 3. The first-order valence-electron chi connectivity index (χ1n) is 9.48. The van der Waals surface area contributed by atoms with Crippen LogP contribution >= 0.6 is 11.3 Å². The van der Waals surface area contributed by atoms with E-state index in [4.69, 9.17) is 0 Å². The Hall–Kier alpha value is -1.89. The Kier molecular flexibility index (Phi) is 6.68. The Morgan fingerprint density at radius 1 is 1.19 bits per heavy atom. The van der Waals surface area contributed by atoms with Gasteiger partial charge in [0.15, 0.2) is 0 Å². The first-order chi connectivity index (χ1) is 12.5. The van der Waals surface area contributed by atoms with Crippen LogP contribution in [-0.2, 0) is 22.4 Å². The average molecular weight is 394 g/mol. The van der Waals surface area contributed by atoms with E-state index in [2.05, 4.69) is 36.9 Å². The van der Waals surface area contributed by atoms with Crippen LogP contribution in [0.4, 0.5) is 0 Å². The van der Waals surface area contributed by atoms with E-state index in [-0.39, 0.29) is 23.1 Å². The molecule has 3 amide bonds. The molecule has 6 nitrogen and oxygen atoms in total. The normalized spacial score (nSPS) is 17.8. The summed E-state index contributed by atoms with van der Waals surface area (Å²) >= 11 is 1.50. The van der Waals surface area contributed by atoms with Crippen molar-refractivity contribution in [3.8, 4) is 0 Å². The smallest absolute Gasteiger partial charge is 0.279 e. The molecule has 0 saturated carbocycles. The number of aryl methyl sites for hydroxylation is 1. The summed E-state index contributed by atoms with van der Waals surface area (Å²) in [6.45, 7) is 11.8. The van der Waals surface area contributed by atoms with Crippen molar-refractivity contribution in [3.05, 3.63) is 21.4 Å². The largest absolute Gasteiger partial charge is 0.344 e. The van der Waals surface area contributed by atoms with Crippen LogP contribution in [0.15, 0.2) is 6.07 Å². The molecular formula is C20H31N3O3S. The minimum atomic E-state index is -0.688. The Bertz CT molecular complexity index is 719. The van der Waals surface area contributed by atoms with Crippen molar-refractivity contribution in [3.63, 3.8) is 0 Å². The van der Waals surface area contributed by atoms with E-state index in [1.54, 1.807) is 0 Å². The summed E-state index contributed by atoms with van der Waals surface area (Å²) in [5.74, 6) is -0.508. The first-order valence-corrected chi connectivity index (χ1v) is 10.3.